The van der Waals surface area contributed by atoms with Crippen molar-refractivity contribution in [2.45, 2.75) is 0 Å². The largest absolute Gasteiger partial charge is 0.322 e. The first-order valence-electron chi connectivity index (χ1n) is 7.87. The second-order valence-corrected chi connectivity index (χ2v) is 5.42. The number of para-hydroxylation sites is 2. The van der Waals surface area contributed by atoms with Gasteiger partial charge in [-0.3, -0.25) is 19.9 Å². The van der Waals surface area contributed by atoms with Gasteiger partial charge in [-0.25, -0.2) is 0 Å². The SMILES string of the molecule is O=C(/C=C/c1ccccc1[N+](=O)[O-])Nc1ccccc1-c1ccncc1. The predicted molar refractivity (Wildman–Crippen MR) is 100 cm³/mol. The lowest BCUT2D eigenvalue weighted by Crippen LogP contribution is -2.08. The molecule has 0 fully saturated rings. The summed E-state index contributed by atoms with van der Waals surface area (Å²) in [4.78, 5) is 26.8. The Kier molecular flexibility index (Phi) is 5.14. The van der Waals surface area contributed by atoms with Gasteiger partial charge in [0.15, 0.2) is 0 Å². The van der Waals surface area contributed by atoms with Gasteiger partial charge < -0.3 is 5.32 Å². The summed E-state index contributed by atoms with van der Waals surface area (Å²) in [6.07, 6.45) is 6.08. The summed E-state index contributed by atoms with van der Waals surface area (Å²) in [5.41, 5.74) is 2.76. The van der Waals surface area contributed by atoms with Crippen LogP contribution in [0.4, 0.5) is 11.4 Å². The number of nitrogens with zero attached hydrogens (tertiary/aromatic N) is 2. The number of carbonyl (C=O) groups is 1. The maximum Gasteiger partial charge on any atom is 0.276 e. The highest BCUT2D eigenvalue weighted by Crippen LogP contribution is 2.27. The summed E-state index contributed by atoms with van der Waals surface area (Å²) in [5.74, 6) is -0.371. The molecule has 128 valence electrons. The molecule has 26 heavy (non-hydrogen) atoms. The minimum absolute atomic E-state index is 0.0475. The first-order valence-corrected chi connectivity index (χ1v) is 7.87. The third kappa shape index (κ3) is 3.99. The van der Waals surface area contributed by atoms with Crippen molar-refractivity contribution >= 4 is 23.4 Å². The number of anilines is 1. The van der Waals surface area contributed by atoms with Crippen molar-refractivity contribution in [3.8, 4) is 11.1 Å². The highest BCUT2D eigenvalue weighted by atomic mass is 16.6. The Morgan fingerprint density at radius 1 is 1.00 bits per heavy atom. The smallest absolute Gasteiger partial charge is 0.276 e. The molecule has 0 aliphatic heterocycles. The Morgan fingerprint density at radius 2 is 1.69 bits per heavy atom. The summed E-state index contributed by atoms with van der Waals surface area (Å²) in [5, 5.41) is 13.8. The predicted octanol–water partition coefficient (Wildman–Crippen LogP) is 4.31. The molecule has 3 rings (SSSR count). The molecule has 0 unspecified atom stereocenters. The molecule has 1 heterocycles. The van der Waals surface area contributed by atoms with Crippen LogP contribution in [0.25, 0.3) is 17.2 Å². The molecule has 0 bridgehead atoms. The number of nitrogens with one attached hydrogen (secondary N) is 1. The number of hydrogen-bond acceptors (Lipinski definition) is 4. The molecular formula is C20H15N3O3. The van der Waals surface area contributed by atoms with Crippen molar-refractivity contribution in [1.82, 2.24) is 4.98 Å². The van der Waals surface area contributed by atoms with Crippen LogP contribution in [0, 0.1) is 10.1 Å². The third-order valence-corrected chi connectivity index (χ3v) is 3.72. The minimum atomic E-state index is -0.476. The summed E-state index contributed by atoms with van der Waals surface area (Å²) in [7, 11) is 0. The fraction of sp³-hybridized carbons (Fsp3) is 0. The summed E-state index contributed by atoms with van der Waals surface area (Å²) in [6, 6.07) is 17.4. The van der Waals surface area contributed by atoms with Crippen molar-refractivity contribution in [3.63, 3.8) is 0 Å². The highest BCUT2D eigenvalue weighted by molar-refractivity contribution is 6.04. The van der Waals surface area contributed by atoms with E-state index in [-0.39, 0.29) is 11.6 Å². The molecule has 6 heteroatoms. The number of pyridine rings is 1. The second-order valence-electron chi connectivity index (χ2n) is 5.42. The molecule has 0 atom stereocenters. The van der Waals surface area contributed by atoms with E-state index in [0.717, 1.165) is 11.1 Å². The zero-order valence-electron chi connectivity index (χ0n) is 13.7. The number of nitro groups is 1. The van der Waals surface area contributed by atoms with Gasteiger partial charge in [0.05, 0.1) is 10.5 Å². The van der Waals surface area contributed by atoms with Crippen LogP contribution in [-0.4, -0.2) is 15.8 Å². The molecule has 1 amide bonds. The van der Waals surface area contributed by atoms with Crippen LogP contribution in [0.1, 0.15) is 5.56 Å². The van der Waals surface area contributed by atoms with E-state index in [4.69, 9.17) is 0 Å². The Bertz CT molecular complexity index is 969. The zero-order chi connectivity index (χ0) is 18.4. The number of carbonyl (C=O) groups excluding carboxylic acids is 1. The molecule has 0 saturated heterocycles. The maximum atomic E-state index is 12.3. The average molecular weight is 345 g/mol. The van der Waals surface area contributed by atoms with Crippen LogP contribution in [0.3, 0.4) is 0 Å². The standard InChI is InChI=1S/C20H15N3O3/c24-20(10-9-16-5-1-4-8-19(16)23(25)26)22-18-7-3-2-6-17(18)15-11-13-21-14-12-15/h1-14H,(H,22,24)/b10-9+. The van der Waals surface area contributed by atoms with Crippen LogP contribution in [0.5, 0.6) is 0 Å². The third-order valence-electron chi connectivity index (χ3n) is 3.72. The fourth-order valence-electron chi connectivity index (χ4n) is 2.51. The Balaban J connectivity index is 1.81. The van der Waals surface area contributed by atoms with Gasteiger partial charge >= 0.3 is 0 Å². The number of rotatable bonds is 5. The summed E-state index contributed by atoms with van der Waals surface area (Å²) < 4.78 is 0. The van der Waals surface area contributed by atoms with Crippen LogP contribution in [-0.2, 0) is 4.79 Å². The fourth-order valence-corrected chi connectivity index (χ4v) is 2.51. The normalized spacial score (nSPS) is 10.6. The van der Waals surface area contributed by atoms with Crippen LogP contribution in [0.2, 0.25) is 0 Å². The second kappa shape index (κ2) is 7.85. The molecule has 3 aromatic rings. The molecule has 0 aliphatic rings. The van der Waals surface area contributed by atoms with E-state index in [2.05, 4.69) is 10.3 Å². The average Bonchev–Trinajstić information content (AvgIpc) is 2.67. The van der Waals surface area contributed by atoms with Gasteiger partial charge in [0.2, 0.25) is 5.91 Å². The molecule has 0 spiro atoms. The molecule has 6 nitrogen and oxygen atoms in total. The summed E-state index contributed by atoms with van der Waals surface area (Å²) >= 11 is 0. The number of nitro benzene ring substituents is 1. The Hall–Kier alpha value is -3.80. The molecular weight excluding hydrogens is 330 g/mol. The van der Waals surface area contributed by atoms with Crippen molar-refractivity contribution in [2.24, 2.45) is 0 Å². The lowest BCUT2D eigenvalue weighted by molar-refractivity contribution is -0.385. The summed E-state index contributed by atoms with van der Waals surface area (Å²) in [6.45, 7) is 0. The number of amides is 1. The van der Waals surface area contributed by atoms with Gasteiger partial charge in [-0.2, -0.15) is 0 Å². The van der Waals surface area contributed by atoms with Gasteiger partial charge in [0.25, 0.3) is 5.69 Å². The van der Waals surface area contributed by atoms with E-state index in [1.54, 1.807) is 36.7 Å². The minimum Gasteiger partial charge on any atom is -0.322 e. The van der Waals surface area contributed by atoms with Gasteiger partial charge in [0.1, 0.15) is 0 Å². The van der Waals surface area contributed by atoms with Crippen LogP contribution >= 0.6 is 0 Å². The van der Waals surface area contributed by atoms with Crippen molar-refractivity contribution in [3.05, 3.63) is 94.8 Å². The Morgan fingerprint density at radius 3 is 2.46 bits per heavy atom. The van der Waals surface area contributed by atoms with Gasteiger partial charge in [-0.15, -0.1) is 0 Å². The molecule has 0 saturated carbocycles. The van der Waals surface area contributed by atoms with E-state index >= 15 is 0 Å². The maximum absolute atomic E-state index is 12.3. The van der Waals surface area contributed by atoms with E-state index in [1.807, 2.05) is 30.3 Å². The van der Waals surface area contributed by atoms with Gasteiger partial charge in [-0.1, -0.05) is 30.3 Å². The molecule has 0 aliphatic carbocycles. The monoisotopic (exact) mass is 345 g/mol. The van der Waals surface area contributed by atoms with Crippen molar-refractivity contribution in [2.75, 3.05) is 5.32 Å². The van der Waals surface area contributed by atoms with E-state index in [1.165, 1.54) is 18.2 Å². The molecule has 1 aromatic heterocycles. The number of aromatic nitrogens is 1. The van der Waals surface area contributed by atoms with Crippen LogP contribution < -0.4 is 5.32 Å². The highest BCUT2D eigenvalue weighted by Gasteiger charge is 2.10. The topological polar surface area (TPSA) is 85.1 Å². The molecule has 0 radical (unpaired) electrons. The number of hydrogen-bond donors (Lipinski definition) is 1. The molecule has 2 aromatic carbocycles. The Labute approximate surface area is 150 Å². The van der Waals surface area contributed by atoms with Crippen LogP contribution in [0.15, 0.2) is 79.1 Å². The van der Waals surface area contributed by atoms with Crippen molar-refractivity contribution < 1.29 is 9.72 Å². The van der Waals surface area contributed by atoms with E-state index < -0.39 is 4.92 Å². The zero-order valence-corrected chi connectivity index (χ0v) is 13.7. The van der Waals surface area contributed by atoms with Gasteiger partial charge in [0, 0.05) is 35.8 Å². The van der Waals surface area contributed by atoms with Crippen molar-refractivity contribution in [1.29, 1.82) is 0 Å². The lowest BCUT2D eigenvalue weighted by Gasteiger charge is -2.09. The molecule has 1 N–H and O–H groups in total. The first kappa shape index (κ1) is 17.0. The first-order chi connectivity index (χ1) is 12.6. The lowest BCUT2D eigenvalue weighted by atomic mass is 10.1. The van der Waals surface area contributed by atoms with Gasteiger partial charge in [-0.05, 0) is 35.9 Å². The quantitative estimate of drug-likeness (QED) is 0.424. The van der Waals surface area contributed by atoms with E-state index in [9.17, 15) is 14.9 Å². The van der Waals surface area contributed by atoms with E-state index in [0.29, 0.717) is 11.3 Å². The number of benzene rings is 2.